The van der Waals surface area contributed by atoms with Crippen LogP contribution in [-0.4, -0.2) is 35.4 Å². The van der Waals surface area contributed by atoms with Crippen molar-refractivity contribution in [1.82, 2.24) is 10.2 Å². The zero-order chi connectivity index (χ0) is 23.3. The molecular formula is C26H29BrN2O3. The first-order valence-corrected chi connectivity index (χ1v) is 11.5. The minimum absolute atomic E-state index is 0.00910. The van der Waals surface area contributed by atoms with E-state index in [2.05, 4.69) is 21.2 Å². The van der Waals surface area contributed by atoms with Crippen LogP contribution in [0.1, 0.15) is 31.9 Å². The molecular weight excluding hydrogens is 468 g/mol. The SMILES string of the molecule is Cc1ccccc1CN(C(=O)COc1ccc2ccccc2c1Br)C(C)C(=O)NC(C)C. The molecule has 0 saturated carbocycles. The number of hydrogen-bond acceptors (Lipinski definition) is 3. The highest BCUT2D eigenvalue weighted by Crippen LogP contribution is 2.33. The normalized spacial score (nSPS) is 11.9. The predicted molar refractivity (Wildman–Crippen MR) is 132 cm³/mol. The maximum Gasteiger partial charge on any atom is 0.261 e. The fourth-order valence-corrected chi connectivity index (χ4v) is 4.11. The van der Waals surface area contributed by atoms with Crippen molar-refractivity contribution in [3.8, 4) is 5.75 Å². The van der Waals surface area contributed by atoms with Crippen molar-refractivity contribution in [1.29, 1.82) is 0 Å². The molecule has 0 bridgehead atoms. The van der Waals surface area contributed by atoms with Crippen molar-refractivity contribution in [2.75, 3.05) is 6.61 Å². The molecule has 1 unspecified atom stereocenters. The summed E-state index contributed by atoms with van der Waals surface area (Å²) < 4.78 is 6.70. The van der Waals surface area contributed by atoms with Crippen molar-refractivity contribution >= 4 is 38.5 Å². The van der Waals surface area contributed by atoms with Crippen LogP contribution in [0.3, 0.4) is 0 Å². The molecule has 0 aromatic heterocycles. The molecule has 0 fully saturated rings. The smallest absolute Gasteiger partial charge is 0.261 e. The minimum Gasteiger partial charge on any atom is -0.483 e. The molecule has 3 aromatic carbocycles. The number of nitrogens with zero attached hydrogens (tertiary/aromatic N) is 1. The van der Waals surface area contributed by atoms with Crippen LogP contribution >= 0.6 is 15.9 Å². The third-order valence-electron chi connectivity index (χ3n) is 5.38. The van der Waals surface area contributed by atoms with E-state index in [9.17, 15) is 9.59 Å². The molecule has 6 heteroatoms. The third kappa shape index (κ3) is 5.68. The van der Waals surface area contributed by atoms with Crippen molar-refractivity contribution in [2.45, 2.75) is 46.3 Å². The maximum atomic E-state index is 13.2. The Morgan fingerprint density at radius 3 is 2.41 bits per heavy atom. The molecule has 3 rings (SSSR count). The van der Waals surface area contributed by atoms with Gasteiger partial charge in [0.15, 0.2) is 6.61 Å². The van der Waals surface area contributed by atoms with E-state index in [1.54, 1.807) is 11.8 Å². The zero-order valence-electron chi connectivity index (χ0n) is 18.9. The number of hydrogen-bond donors (Lipinski definition) is 1. The van der Waals surface area contributed by atoms with Crippen molar-refractivity contribution in [2.24, 2.45) is 0 Å². The molecule has 1 N–H and O–H groups in total. The lowest BCUT2D eigenvalue weighted by Crippen LogP contribution is -2.50. The van der Waals surface area contributed by atoms with E-state index in [0.717, 1.165) is 26.4 Å². The quantitative estimate of drug-likeness (QED) is 0.464. The van der Waals surface area contributed by atoms with Crippen LogP contribution in [0.4, 0.5) is 0 Å². The van der Waals surface area contributed by atoms with Crippen LogP contribution in [-0.2, 0) is 16.1 Å². The van der Waals surface area contributed by atoms with Gasteiger partial charge in [0, 0.05) is 12.6 Å². The highest BCUT2D eigenvalue weighted by molar-refractivity contribution is 9.10. The monoisotopic (exact) mass is 496 g/mol. The molecule has 0 spiro atoms. The first-order chi connectivity index (χ1) is 15.3. The summed E-state index contributed by atoms with van der Waals surface area (Å²) >= 11 is 3.60. The predicted octanol–water partition coefficient (Wildman–Crippen LogP) is 5.23. The summed E-state index contributed by atoms with van der Waals surface area (Å²) in [4.78, 5) is 27.5. The Morgan fingerprint density at radius 2 is 1.69 bits per heavy atom. The standard InChI is InChI=1S/C26H29BrN2O3/c1-17(2)28-26(31)19(4)29(15-21-11-6-5-9-18(21)3)24(30)16-32-23-14-13-20-10-7-8-12-22(20)25(23)27/h5-14,17,19H,15-16H2,1-4H3,(H,28,31). The number of fused-ring (bicyclic) bond motifs is 1. The number of amides is 2. The number of benzene rings is 3. The Balaban J connectivity index is 1.80. The summed E-state index contributed by atoms with van der Waals surface area (Å²) in [5, 5.41) is 4.99. The lowest BCUT2D eigenvalue weighted by atomic mass is 10.1. The first kappa shape index (κ1) is 23.8. The van der Waals surface area contributed by atoms with Gasteiger partial charge in [-0.25, -0.2) is 0 Å². The highest BCUT2D eigenvalue weighted by atomic mass is 79.9. The van der Waals surface area contributed by atoms with Crippen LogP contribution in [0.15, 0.2) is 65.1 Å². The van der Waals surface area contributed by atoms with Gasteiger partial charge in [0.05, 0.1) is 4.47 Å². The van der Waals surface area contributed by atoms with Crippen LogP contribution in [0.5, 0.6) is 5.75 Å². The third-order valence-corrected chi connectivity index (χ3v) is 6.20. The molecule has 0 aliphatic heterocycles. The van der Waals surface area contributed by atoms with E-state index < -0.39 is 6.04 Å². The fraction of sp³-hybridized carbons (Fsp3) is 0.308. The second-order valence-corrected chi connectivity index (χ2v) is 8.97. The second-order valence-electron chi connectivity index (χ2n) is 8.17. The fourth-order valence-electron chi connectivity index (χ4n) is 3.51. The molecule has 32 heavy (non-hydrogen) atoms. The molecule has 0 heterocycles. The van der Waals surface area contributed by atoms with Crippen LogP contribution in [0.25, 0.3) is 10.8 Å². The molecule has 0 radical (unpaired) electrons. The minimum atomic E-state index is -0.631. The van der Waals surface area contributed by atoms with Gasteiger partial charge < -0.3 is 15.0 Å². The van der Waals surface area contributed by atoms with Gasteiger partial charge in [-0.05, 0) is 71.6 Å². The lowest BCUT2D eigenvalue weighted by Gasteiger charge is -2.30. The molecule has 3 aromatic rings. The summed E-state index contributed by atoms with van der Waals surface area (Å²) in [5.74, 6) is 0.153. The van der Waals surface area contributed by atoms with Crippen molar-refractivity contribution < 1.29 is 14.3 Å². The van der Waals surface area contributed by atoms with Gasteiger partial charge in [0.2, 0.25) is 5.91 Å². The largest absolute Gasteiger partial charge is 0.483 e. The Kier molecular flexibility index (Phi) is 7.91. The molecule has 168 valence electrons. The Labute approximate surface area is 197 Å². The molecule has 5 nitrogen and oxygen atoms in total. The van der Waals surface area contributed by atoms with Gasteiger partial charge in [-0.1, -0.05) is 54.6 Å². The summed E-state index contributed by atoms with van der Waals surface area (Å²) in [5.41, 5.74) is 2.07. The van der Waals surface area contributed by atoms with Gasteiger partial charge in [-0.3, -0.25) is 9.59 Å². The number of carbonyl (C=O) groups excluding carboxylic acids is 2. The van der Waals surface area contributed by atoms with Crippen molar-refractivity contribution in [3.05, 3.63) is 76.3 Å². The average molecular weight is 497 g/mol. The lowest BCUT2D eigenvalue weighted by molar-refractivity contribution is -0.142. The van der Waals surface area contributed by atoms with Gasteiger partial charge in [0.25, 0.3) is 5.91 Å². The van der Waals surface area contributed by atoms with Gasteiger partial charge in [0.1, 0.15) is 11.8 Å². The molecule has 0 aliphatic rings. The topological polar surface area (TPSA) is 58.6 Å². The van der Waals surface area contributed by atoms with E-state index in [4.69, 9.17) is 4.74 Å². The van der Waals surface area contributed by atoms with Crippen LogP contribution in [0.2, 0.25) is 0 Å². The van der Waals surface area contributed by atoms with Gasteiger partial charge in [-0.15, -0.1) is 0 Å². The summed E-state index contributed by atoms with van der Waals surface area (Å²) in [6.07, 6.45) is 0. The van der Waals surface area contributed by atoms with Crippen molar-refractivity contribution in [3.63, 3.8) is 0 Å². The van der Waals surface area contributed by atoms with E-state index >= 15 is 0 Å². The second kappa shape index (κ2) is 10.6. The summed E-state index contributed by atoms with van der Waals surface area (Å²) in [7, 11) is 0. The Bertz CT molecular complexity index is 1110. The summed E-state index contributed by atoms with van der Waals surface area (Å²) in [6, 6.07) is 19.0. The maximum absolute atomic E-state index is 13.2. The summed E-state index contributed by atoms with van der Waals surface area (Å²) in [6.45, 7) is 7.72. The number of ether oxygens (including phenoxy) is 1. The van der Waals surface area contributed by atoms with E-state index in [-0.39, 0.29) is 24.5 Å². The number of aryl methyl sites for hydroxylation is 1. The van der Waals surface area contributed by atoms with Gasteiger partial charge in [-0.2, -0.15) is 0 Å². The zero-order valence-corrected chi connectivity index (χ0v) is 20.5. The van der Waals surface area contributed by atoms with E-state index in [1.165, 1.54) is 0 Å². The van der Waals surface area contributed by atoms with E-state index in [0.29, 0.717) is 12.3 Å². The van der Waals surface area contributed by atoms with Gasteiger partial charge >= 0.3 is 0 Å². The number of carbonyl (C=O) groups is 2. The Morgan fingerprint density at radius 1 is 1.00 bits per heavy atom. The Hall–Kier alpha value is -2.86. The van der Waals surface area contributed by atoms with Crippen LogP contribution in [0, 0.1) is 6.92 Å². The molecule has 1 atom stereocenters. The number of halogens is 1. The molecule has 2 amide bonds. The van der Waals surface area contributed by atoms with Crippen LogP contribution < -0.4 is 10.1 Å². The number of rotatable bonds is 8. The molecule has 0 aliphatic carbocycles. The first-order valence-electron chi connectivity index (χ1n) is 10.7. The molecule has 0 saturated heterocycles. The number of nitrogens with one attached hydrogen (secondary N) is 1. The van der Waals surface area contributed by atoms with E-state index in [1.807, 2.05) is 81.4 Å². The highest BCUT2D eigenvalue weighted by Gasteiger charge is 2.27. The average Bonchev–Trinajstić information content (AvgIpc) is 2.77.